The Kier molecular flexibility index (Phi) is 5.74. The van der Waals surface area contributed by atoms with Crippen LogP contribution in [0.4, 0.5) is 5.69 Å². The number of anilines is 1. The summed E-state index contributed by atoms with van der Waals surface area (Å²) in [5, 5.41) is 9.25. The number of aryl methyl sites for hydroxylation is 2. The fourth-order valence-electron chi connectivity index (χ4n) is 2.11. The molecule has 1 heterocycles. The molecular formula is C18H19N3O3. The molecule has 0 fully saturated rings. The Morgan fingerprint density at radius 2 is 1.92 bits per heavy atom. The number of aromatic nitrogens is 1. The predicted molar refractivity (Wildman–Crippen MR) is 90.3 cm³/mol. The highest BCUT2D eigenvalue weighted by Gasteiger charge is 2.12. The fraction of sp³-hybridized carbons (Fsp3) is 0.278. The molecule has 2 rings (SSSR count). The molecule has 0 unspecified atom stereocenters. The zero-order valence-corrected chi connectivity index (χ0v) is 13.9. The molecular weight excluding hydrogens is 306 g/mol. The summed E-state index contributed by atoms with van der Waals surface area (Å²) < 4.78 is 5.03. The summed E-state index contributed by atoms with van der Waals surface area (Å²) in [5.41, 5.74) is 3.08. The minimum atomic E-state index is -0.125. The zero-order chi connectivity index (χ0) is 17.5. The Balaban J connectivity index is 1.83. The molecule has 0 radical (unpaired) electrons. The van der Waals surface area contributed by atoms with Crippen LogP contribution < -0.4 is 10.6 Å². The number of nitrogens with one attached hydrogen (secondary N) is 2. The van der Waals surface area contributed by atoms with Crippen molar-refractivity contribution in [2.24, 2.45) is 0 Å². The van der Waals surface area contributed by atoms with Crippen LogP contribution in [-0.4, -0.2) is 23.5 Å². The molecule has 6 nitrogen and oxygen atoms in total. The van der Waals surface area contributed by atoms with E-state index in [0.29, 0.717) is 5.76 Å². The first kappa shape index (κ1) is 17.3. The van der Waals surface area contributed by atoms with Crippen molar-refractivity contribution in [2.75, 3.05) is 11.9 Å². The van der Waals surface area contributed by atoms with Gasteiger partial charge in [-0.25, -0.2) is 0 Å². The van der Waals surface area contributed by atoms with Crippen LogP contribution >= 0.6 is 0 Å². The van der Waals surface area contributed by atoms with Gasteiger partial charge in [0.25, 0.3) is 0 Å². The zero-order valence-electron chi connectivity index (χ0n) is 13.9. The van der Waals surface area contributed by atoms with Crippen LogP contribution in [0.25, 0.3) is 0 Å². The molecule has 2 N–H and O–H groups in total. The number of carbonyl (C=O) groups is 2. The van der Waals surface area contributed by atoms with Gasteiger partial charge in [-0.2, -0.15) is 0 Å². The van der Waals surface area contributed by atoms with Gasteiger partial charge in [-0.05, 0) is 38.1 Å². The van der Waals surface area contributed by atoms with Crippen molar-refractivity contribution < 1.29 is 14.1 Å². The minimum absolute atomic E-state index is 0.116. The molecule has 0 aliphatic rings. The number of benzene rings is 1. The number of amides is 2. The minimum Gasteiger partial charge on any atom is -0.361 e. The normalized spacial score (nSPS) is 9.79. The van der Waals surface area contributed by atoms with E-state index in [4.69, 9.17) is 4.52 Å². The number of rotatable bonds is 4. The lowest BCUT2D eigenvalue weighted by Crippen LogP contribution is -2.25. The van der Waals surface area contributed by atoms with E-state index in [1.165, 1.54) is 6.92 Å². The van der Waals surface area contributed by atoms with Crippen LogP contribution in [0, 0.1) is 25.7 Å². The van der Waals surface area contributed by atoms with E-state index in [1.807, 2.05) is 19.1 Å². The molecule has 0 saturated heterocycles. The van der Waals surface area contributed by atoms with Crippen molar-refractivity contribution >= 4 is 17.5 Å². The molecule has 0 saturated carbocycles. The van der Waals surface area contributed by atoms with Gasteiger partial charge in [-0.15, -0.1) is 0 Å². The Hall–Kier alpha value is -3.07. The van der Waals surface area contributed by atoms with Crippen LogP contribution in [-0.2, 0) is 16.0 Å². The first-order valence-corrected chi connectivity index (χ1v) is 7.50. The number of hydrogen-bond donors (Lipinski definition) is 2. The lowest BCUT2D eigenvalue weighted by atomic mass is 10.1. The second kappa shape index (κ2) is 7.97. The smallest absolute Gasteiger partial charge is 0.225 e. The average molecular weight is 325 g/mol. The average Bonchev–Trinajstić information content (AvgIpc) is 2.84. The molecule has 0 bridgehead atoms. The third kappa shape index (κ3) is 4.99. The van der Waals surface area contributed by atoms with Gasteiger partial charge < -0.3 is 15.2 Å². The summed E-state index contributed by atoms with van der Waals surface area (Å²) in [5.74, 6) is 6.27. The van der Waals surface area contributed by atoms with Gasteiger partial charge in [0.15, 0.2) is 0 Å². The first-order chi connectivity index (χ1) is 11.5. The molecule has 0 aliphatic carbocycles. The summed E-state index contributed by atoms with van der Waals surface area (Å²) in [6, 6.07) is 7.18. The quantitative estimate of drug-likeness (QED) is 0.842. The third-order valence-corrected chi connectivity index (χ3v) is 3.33. The van der Waals surface area contributed by atoms with Gasteiger partial charge in [-0.1, -0.05) is 17.0 Å². The third-order valence-electron chi connectivity index (χ3n) is 3.33. The van der Waals surface area contributed by atoms with Gasteiger partial charge in [-0.3, -0.25) is 9.59 Å². The van der Waals surface area contributed by atoms with Crippen molar-refractivity contribution in [3.05, 3.63) is 46.8 Å². The lowest BCUT2D eigenvalue weighted by Gasteiger charge is -2.01. The topological polar surface area (TPSA) is 84.2 Å². The second-order valence-electron chi connectivity index (χ2n) is 5.32. The van der Waals surface area contributed by atoms with E-state index in [1.54, 1.807) is 19.1 Å². The van der Waals surface area contributed by atoms with Gasteiger partial charge >= 0.3 is 0 Å². The molecule has 2 amide bonds. The molecule has 24 heavy (non-hydrogen) atoms. The second-order valence-corrected chi connectivity index (χ2v) is 5.32. The predicted octanol–water partition coefficient (Wildman–Crippen LogP) is 1.96. The Morgan fingerprint density at radius 1 is 1.21 bits per heavy atom. The Labute approximate surface area is 140 Å². The van der Waals surface area contributed by atoms with Gasteiger partial charge in [0.2, 0.25) is 11.8 Å². The highest BCUT2D eigenvalue weighted by Crippen LogP contribution is 2.12. The summed E-state index contributed by atoms with van der Waals surface area (Å²) >= 11 is 0. The van der Waals surface area contributed by atoms with E-state index < -0.39 is 0 Å². The molecule has 124 valence electrons. The summed E-state index contributed by atoms with van der Waals surface area (Å²) in [6.45, 7) is 5.31. The maximum Gasteiger partial charge on any atom is 0.225 e. The summed E-state index contributed by atoms with van der Waals surface area (Å²) in [7, 11) is 0. The van der Waals surface area contributed by atoms with E-state index >= 15 is 0 Å². The SMILES string of the molecule is CC(=O)Nc1ccc(C#CCNC(=O)Cc2c(C)noc2C)cc1. The monoisotopic (exact) mass is 325 g/mol. The lowest BCUT2D eigenvalue weighted by molar-refractivity contribution is -0.120. The van der Waals surface area contributed by atoms with Crippen molar-refractivity contribution in [2.45, 2.75) is 27.2 Å². The molecule has 0 aliphatic heterocycles. The summed E-state index contributed by atoms with van der Waals surface area (Å²) in [4.78, 5) is 22.8. The van der Waals surface area contributed by atoms with Crippen LogP contribution in [0.3, 0.4) is 0 Å². The van der Waals surface area contributed by atoms with Crippen molar-refractivity contribution in [3.63, 3.8) is 0 Å². The van der Waals surface area contributed by atoms with Crippen LogP contribution in [0.1, 0.15) is 29.5 Å². The van der Waals surface area contributed by atoms with Crippen molar-refractivity contribution in [3.8, 4) is 11.8 Å². The van der Waals surface area contributed by atoms with E-state index in [9.17, 15) is 9.59 Å². The highest BCUT2D eigenvalue weighted by molar-refractivity contribution is 5.88. The molecule has 0 spiro atoms. The molecule has 1 aromatic carbocycles. The van der Waals surface area contributed by atoms with Gasteiger partial charge in [0, 0.05) is 23.7 Å². The van der Waals surface area contributed by atoms with Crippen molar-refractivity contribution in [1.82, 2.24) is 10.5 Å². The maximum absolute atomic E-state index is 11.9. The molecule has 1 aromatic heterocycles. The number of carbonyl (C=O) groups excluding carboxylic acids is 2. The standard InChI is InChI=1S/C18H19N3O3/c1-12-17(13(2)24-21-12)11-18(23)19-10-4-5-15-6-8-16(9-7-15)20-14(3)22/h6-9H,10-11H2,1-3H3,(H,19,23)(H,20,22). The van der Waals surface area contributed by atoms with Gasteiger partial charge in [0.05, 0.1) is 18.7 Å². The first-order valence-electron chi connectivity index (χ1n) is 7.50. The molecule has 2 aromatic rings. The largest absolute Gasteiger partial charge is 0.361 e. The number of nitrogens with zero attached hydrogens (tertiary/aromatic N) is 1. The van der Waals surface area contributed by atoms with Crippen LogP contribution in [0.5, 0.6) is 0 Å². The van der Waals surface area contributed by atoms with Crippen LogP contribution in [0.2, 0.25) is 0 Å². The highest BCUT2D eigenvalue weighted by atomic mass is 16.5. The molecule has 6 heteroatoms. The van der Waals surface area contributed by atoms with E-state index in [-0.39, 0.29) is 24.8 Å². The van der Waals surface area contributed by atoms with E-state index in [2.05, 4.69) is 27.6 Å². The van der Waals surface area contributed by atoms with Gasteiger partial charge in [0.1, 0.15) is 5.76 Å². The summed E-state index contributed by atoms with van der Waals surface area (Å²) in [6.07, 6.45) is 0.230. The maximum atomic E-state index is 11.9. The Bertz CT molecular complexity index is 776. The number of hydrogen-bond acceptors (Lipinski definition) is 4. The van der Waals surface area contributed by atoms with Crippen molar-refractivity contribution in [1.29, 1.82) is 0 Å². The molecule has 0 atom stereocenters. The van der Waals surface area contributed by atoms with E-state index in [0.717, 1.165) is 22.5 Å². The van der Waals surface area contributed by atoms with Crippen LogP contribution in [0.15, 0.2) is 28.8 Å². The Morgan fingerprint density at radius 3 is 2.50 bits per heavy atom. The fourth-order valence-corrected chi connectivity index (χ4v) is 2.11.